The van der Waals surface area contributed by atoms with Crippen LogP contribution >= 0.6 is 23.2 Å². The van der Waals surface area contributed by atoms with Crippen molar-refractivity contribution in [1.82, 2.24) is 0 Å². The van der Waals surface area contributed by atoms with Gasteiger partial charge in [-0.25, -0.2) is 8.78 Å². The Bertz CT molecular complexity index is 467. The lowest BCUT2D eigenvalue weighted by Crippen LogP contribution is -2.16. The third-order valence-electron chi connectivity index (χ3n) is 1.54. The van der Waals surface area contributed by atoms with Gasteiger partial charge >= 0.3 is 0 Å². The smallest absolute Gasteiger partial charge is 0.201 e. The lowest BCUT2D eigenvalue weighted by molar-refractivity contribution is 0.592. The first kappa shape index (κ1) is 12.3. The highest BCUT2D eigenvalue weighted by Gasteiger charge is 2.31. The van der Waals surface area contributed by atoms with Crippen LogP contribution in [-0.4, -0.2) is 11.4 Å². The summed E-state index contributed by atoms with van der Waals surface area (Å²) < 4.78 is 26.6. The molecule has 0 aromatic rings. The third-order valence-corrected chi connectivity index (χ3v) is 2.37. The van der Waals surface area contributed by atoms with Gasteiger partial charge in [-0.1, -0.05) is 23.2 Å². The van der Waals surface area contributed by atoms with Crippen molar-refractivity contribution in [3.63, 3.8) is 0 Å². The minimum atomic E-state index is -1.48. The van der Waals surface area contributed by atoms with Crippen LogP contribution in [0.3, 0.4) is 0 Å². The summed E-state index contributed by atoms with van der Waals surface area (Å²) in [5, 5.41) is 15.5. The van der Waals surface area contributed by atoms with Crippen molar-refractivity contribution < 1.29 is 8.78 Å². The van der Waals surface area contributed by atoms with Crippen LogP contribution in [0.15, 0.2) is 31.7 Å². The molecule has 0 aromatic carbocycles. The van der Waals surface area contributed by atoms with Gasteiger partial charge in [0.2, 0.25) is 12.4 Å². The van der Waals surface area contributed by atoms with Crippen molar-refractivity contribution in [1.29, 1.82) is 10.5 Å². The van der Waals surface area contributed by atoms with E-state index < -0.39 is 33.1 Å². The van der Waals surface area contributed by atoms with Crippen molar-refractivity contribution in [2.45, 2.75) is 0 Å². The number of hydrogen-bond acceptors (Lipinski definition) is 4. The second-order valence-corrected chi connectivity index (χ2v) is 3.13. The number of allylic oxidation sites excluding steroid dienone is 4. The summed E-state index contributed by atoms with van der Waals surface area (Å²) in [5.74, 6) is -2.96. The molecule has 0 bridgehead atoms. The van der Waals surface area contributed by atoms with Crippen LogP contribution in [0.4, 0.5) is 8.78 Å². The molecular weight excluding hydrogens is 261 g/mol. The second-order valence-electron chi connectivity index (χ2n) is 2.38. The van der Waals surface area contributed by atoms with E-state index in [1.807, 2.05) is 0 Å². The number of nitriles is 2. The van der Waals surface area contributed by atoms with E-state index in [0.29, 0.717) is 0 Å². The van der Waals surface area contributed by atoms with Crippen molar-refractivity contribution in [2.75, 3.05) is 0 Å². The molecule has 0 heterocycles. The summed E-state index contributed by atoms with van der Waals surface area (Å²) in [5.41, 5.74) is -1.44. The predicted octanol–water partition coefficient (Wildman–Crippen LogP) is 2.68. The zero-order valence-electron chi connectivity index (χ0n) is 7.30. The van der Waals surface area contributed by atoms with Gasteiger partial charge in [0.15, 0.2) is 11.7 Å². The molecule has 0 aromatic heterocycles. The fourth-order valence-corrected chi connectivity index (χ4v) is 1.33. The Morgan fingerprint density at radius 2 is 1.19 bits per heavy atom. The van der Waals surface area contributed by atoms with Crippen molar-refractivity contribution >= 4 is 34.6 Å². The maximum absolute atomic E-state index is 13.3. The van der Waals surface area contributed by atoms with E-state index in [4.69, 9.17) is 33.7 Å². The normalized spacial score (nSPS) is 21.4. The van der Waals surface area contributed by atoms with E-state index >= 15 is 0 Å². The van der Waals surface area contributed by atoms with Crippen LogP contribution in [0, 0.1) is 22.9 Å². The predicted molar refractivity (Wildman–Crippen MR) is 54.1 cm³/mol. The Hall–Kier alpha value is -1.76. The number of hydrogen-bond donors (Lipinski definition) is 0. The number of rotatable bonds is 0. The standard InChI is InChI=1S/C8Cl2F2N4/c9-3-4(10)8(16-2-14)6(12)5(11)7(3)15-1-13. The van der Waals surface area contributed by atoms with E-state index in [1.54, 1.807) is 0 Å². The maximum Gasteiger partial charge on any atom is 0.206 e. The molecule has 0 atom stereocenters. The molecule has 0 fully saturated rings. The van der Waals surface area contributed by atoms with Crippen LogP contribution in [0.25, 0.3) is 0 Å². The summed E-state index contributed by atoms with van der Waals surface area (Å²) >= 11 is 11.1. The molecule has 0 amide bonds. The quantitative estimate of drug-likeness (QED) is 0.496. The summed E-state index contributed by atoms with van der Waals surface area (Å²) in [6.45, 7) is 0. The minimum absolute atomic E-state index is 0.476. The SMILES string of the molecule is N#CN=C1C(F)=C(F)C(=NC#N)C(Cl)=C1Cl. The summed E-state index contributed by atoms with van der Waals surface area (Å²) in [6, 6.07) is 0. The van der Waals surface area contributed by atoms with E-state index in [-0.39, 0.29) is 0 Å². The molecular formula is C8Cl2F2N4. The van der Waals surface area contributed by atoms with Gasteiger partial charge in [-0.3, -0.25) is 0 Å². The average molecular weight is 261 g/mol. The summed E-state index contributed by atoms with van der Waals surface area (Å²) in [4.78, 5) is 5.96. The highest BCUT2D eigenvalue weighted by Crippen LogP contribution is 2.32. The molecule has 0 aliphatic heterocycles. The van der Waals surface area contributed by atoms with Crippen molar-refractivity contribution in [3.05, 3.63) is 21.7 Å². The molecule has 80 valence electrons. The largest absolute Gasteiger partial charge is 0.206 e. The molecule has 0 unspecified atom stereocenters. The average Bonchev–Trinajstić information content (AvgIpc) is 2.28. The Kier molecular flexibility index (Phi) is 3.73. The molecule has 8 heteroatoms. The molecule has 0 spiro atoms. The number of aliphatic imine (C=N–C) groups is 2. The van der Waals surface area contributed by atoms with Gasteiger partial charge in [-0.2, -0.15) is 20.5 Å². The molecule has 16 heavy (non-hydrogen) atoms. The van der Waals surface area contributed by atoms with Crippen molar-refractivity contribution in [3.8, 4) is 12.4 Å². The van der Waals surface area contributed by atoms with Gasteiger partial charge in [-0.15, -0.1) is 0 Å². The molecule has 0 radical (unpaired) electrons. The molecule has 0 saturated carbocycles. The van der Waals surface area contributed by atoms with Gasteiger partial charge in [0.25, 0.3) is 0 Å². The Morgan fingerprint density at radius 1 is 0.875 bits per heavy atom. The van der Waals surface area contributed by atoms with Crippen LogP contribution in [0.1, 0.15) is 0 Å². The molecule has 4 nitrogen and oxygen atoms in total. The van der Waals surface area contributed by atoms with E-state index in [1.165, 1.54) is 12.4 Å². The number of halogens is 4. The van der Waals surface area contributed by atoms with Gasteiger partial charge in [0, 0.05) is 0 Å². The second kappa shape index (κ2) is 4.84. The number of nitrogens with zero attached hydrogens (tertiary/aromatic N) is 4. The molecule has 0 saturated heterocycles. The molecule has 1 aliphatic carbocycles. The van der Waals surface area contributed by atoms with E-state index in [0.717, 1.165) is 0 Å². The highest BCUT2D eigenvalue weighted by atomic mass is 35.5. The van der Waals surface area contributed by atoms with E-state index in [9.17, 15) is 8.78 Å². The summed E-state index contributed by atoms with van der Waals surface area (Å²) in [7, 11) is 0. The van der Waals surface area contributed by atoms with Crippen LogP contribution in [0.5, 0.6) is 0 Å². The van der Waals surface area contributed by atoms with Gasteiger partial charge in [0.1, 0.15) is 11.4 Å². The lowest BCUT2D eigenvalue weighted by Gasteiger charge is -2.12. The zero-order chi connectivity index (χ0) is 12.3. The fourth-order valence-electron chi connectivity index (χ4n) is 0.905. The van der Waals surface area contributed by atoms with Gasteiger partial charge < -0.3 is 0 Å². The van der Waals surface area contributed by atoms with Crippen LogP contribution in [0.2, 0.25) is 0 Å². The van der Waals surface area contributed by atoms with Gasteiger partial charge in [0.05, 0.1) is 10.1 Å². The first-order chi connectivity index (χ1) is 7.54. The lowest BCUT2D eigenvalue weighted by atomic mass is 10.1. The first-order valence-corrected chi connectivity index (χ1v) is 4.35. The monoisotopic (exact) mass is 260 g/mol. The highest BCUT2D eigenvalue weighted by molar-refractivity contribution is 6.59. The first-order valence-electron chi connectivity index (χ1n) is 3.60. The Labute approximate surface area is 98.4 Å². The minimum Gasteiger partial charge on any atom is -0.201 e. The summed E-state index contributed by atoms with van der Waals surface area (Å²) in [6.07, 6.45) is 2.50. The van der Waals surface area contributed by atoms with Crippen LogP contribution in [-0.2, 0) is 0 Å². The van der Waals surface area contributed by atoms with E-state index in [2.05, 4.69) is 9.98 Å². The Balaban J connectivity index is 3.52. The Morgan fingerprint density at radius 3 is 1.44 bits per heavy atom. The fraction of sp³-hybridized carbons (Fsp3) is 0. The molecule has 1 rings (SSSR count). The van der Waals surface area contributed by atoms with Crippen molar-refractivity contribution in [2.24, 2.45) is 9.98 Å². The molecule has 1 aliphatic rings. The maximum atomic E-state index is 13.3. The zero-order valence-corrected chi connectivity index (χ0v) is 8.81. The van der Waals surface area contributed by atoms with Gasteiger partial charge in [-0.05, 0) is 0 Å². The topological polar surface area (TPSA) is 72.3 Å². The third kappa shape index (κ3) is 1.94. The molecule has 0 N–H and O–H groups in total. The van der Waals surface area contributed by atoms with Crippen LogP contribution < -0.4 is 0 Å².